The molecule has 34 heavy (non-hydrogen) atoms. The van der Waals surface area contributed by atoms with E-state index in [9.17, 15) is 18.0 Å². The van der Waals surface area contributed by atoms with Crippen LogP contribution in [0, 0.1) is 5.82 Å². The van der Waals surface area contributed by atoms with Crippen LogP contribution in [0.3, 0.4) is 0 Å². The average Bonchev–Trinajstić information content (AvgIpc) is 2.84. The minimum absolute atomic E-state index is 0.00382. The van der Waals surface area contributed by atoms with Gasteiger partial charge in [0, 0.05) is 35.1 Å². The Kier molecular flexibility index (Phi) is 7.55. The molecule has 5 nitrogen and oxygen atoms in total. The minimum Gasteiger partial charge on any atom is -0.497 e. The number of nitrogens with one attached hydrogen (secondary N) is 2. The number of fused-ring (bicyclic) bond motifs is 1. The molecular weight excluding hydrogens is 443 g/mol. The predicted molar refractivity (Wildman–Crippen MR) is 126 cm³/mol. The van der Waals surface area contributed by atoms with Crippen LogP contribution in [0.4, 0.5) is 18.9 Å². The van der Waals surface area contributed by atoms with Crippen molar-refractivity contribution in [1.82, 2.24) is 10.3 Å². The van der Waals surface area contributed by atoms with Gasteiger partial charge in [-0.3, -0.25) is 9.18 Å². The normalized spacial score (nSPS) is 18.9. The van der Waals surface area contributed by atoms with Crippen LogP contribution < -0.4 is 15.4 Å². The van der Waals surface area contributed by atoms with Crippen LogP contribution in [-0.4, -0.2) is 36.8 Å². The Morgan fingerprint density at radius 2 is 1.91 bits per heavy atom. The highest BCUT2D eigenvalue weighted by Crippen LogP contribution is 2.32. The molecule has 1 amide bonds. The summed E-state index contributed by atoms with van der Waals surface area (Å²) < 4.78 is 46.2. The molecule has 1 saturated carbocycles. The van der Waals surface area contributed by atoms with Crippen molar-refractivity contribution in [1.29, 1.82) is 0 Å². The van der Waals surface area contributed by atoms with Crippen molar-refractivity contribution in [3.8, 4) is 5.75 Å². The zero-order valence-electron chi connectivity index (χ0n) is 19.0. The van der Waals surface area contributed by atoms with Gasteiger partial charge in [0.15, 0.2) is 0 Å². The maximum Gasteiger partial charge on any atom is 0.251 e. The lowest BCUT2D eigenvalue weighted by Crippen LogP contribution is -2.41. The topological polar surface area (TPSA) is 63.2 Å². The summed E-state index contributed by atoms with van der Waals surface area (Å²) in [6.07, 6.45) is 1.45. The third-order valence-corrected chi connectivity index (χ3v) is 6.20. The first-order valence-corrected chi connectivity index (χ1v) is 11.5. The number of nitrogens with zero attached hydrogens (tertiary/aromatic N) is 1. The van der Waals surface area contributed by atoms with Crippen LogP contribution in [0.15, 0.2) is 48.5 Å². The number of anilines is 1. The lowest BCUT2D eigenvalue weighted by molar-refractivity contribution is 0.0926. The number of halogens is 3. The molecule has 1 aliphatic carbocycles. The second kappa shape index (κ2) is 10.8. The molecule has 2 N–H and O–H groups in total. The number of pyridine rings is 1. The van der Waals surface area contributed by atoms with Crippen LogP contribution in [0.25, 0.3) is 10.9 Å². The highest BCUT2D eigenvalue weighted by Gasteiger charge is 2.25. The van der Waals surface area contributed by atoms with Crippen LogP contribution in [-0.2, 0) is 0 Å². The van der Waals surface area contributed by atoms with E-state index in [0.717, 1.165) is 19.3 Å². The molecule has 1 aromatic heterocycles. The fraction of sp³-hybridized carbons (Fsp3) is 0.385. The molecule has 4 rings (SSSR count). The van der Waals surface area contributed by atoms with Gasteiger partial charge >= 0.3 is 0 Å². The number of alkyl halides is 2. The number of hydrogen-bond donors (Lipinski definition) is 2. The summed E-state index contributed by atoms with van der Waals surface area (Å²) in [5.41, 5.74) is 1.69. The van der Waals surface area contributed by atoms with Crippen LogP contribution in [0.2, 0.25) is 0 Å². The fourth-order valence-electron chi connectivity index (χ4n) is 4.43. The molecule has 1 fully saturated rings. The maximum atomic E-state index is 14.5. The van der Waals surface area contributed by atoms with Gasteiger partial charge in [-0.1, -0.05) is 0 Å². The molecule has 0 aliphatic heterocycles. The van der Waals surface area contributed by atoms with Crippen LogP contribution in [0.1, 0.15) is 54.3 Å². The van der Waals surface area contributed by atoms with Gasteiger partial charge < -0.3 is 15.4 Å². The van der Waals surface area contributed by atoms with E-state index in [0.29, 0.717) is 34.3 Å². The number of methoxy groups -OCH3 is 1. The highest BCUT2D eigenvalue weighted by molar-refractivity contribution is 5.94. The van der Waals surface area contributed by atoms with E-state index < -0.39 is 18.7 Å². The number of aromatic nitrogens is 1. The summed E-state index contributed by atoms with van der Waals surface area (Å²) in [5, 5.41) is 7.04. The Labute approximate surface area is 196 Å². The van der Waals surface area contributed by atoms with Gasteiger partial charge in [0.2, 0.25) is 0 Å². The molecule has 3 aromatic rings. The maximum absolute atomic E-state index is 14.5. The van der Waals surface area contributed by atoms with Crippen molar-refractivity contribution in [2.45, 2.75) is 50.4 Å². The Morgan fingerprint density at radius 3 is 2.65 bits per heavy atom. The summed E-state index contributed by atoms with van der Waals surface area (Å²) in [6, 6.07) is 12.6. The van der Waals surface area contributed by atoms with E-state index in [1.165, 1.54) is 18.2 Å². The van der Waals surface area contributed by atoms with Gasteiger partial charge in [0.1, 0.15) is 17.7 Å². The Bertz CT molecular complexity index is 1140. The van der Waals surface area contributed by atoms with Gasteiger partial charge in [0.05, 0.1) is 25.0 Å². The molecule has 0 radical (unpaired) electrons. The largest absolute Gasteiger partial charge is 0.497 e. The van der Waals surface area contributed by atoms with Gasteiger partial charge in [0.25, 0.3) is 5.91 Å². The zero-order valence-corrected chi connectivity index (χ0v) is 19.0. The molecule has 1 unspecified atom stereocenters. The number of benzene rings is 2. The summed E-state index contributed by atoms with van der Waals surface area (Å²) in [7, 11) is 1.57. The van der Waals surface area contributed by atoms with Crippen molar-refractivity contribution < 1.29 is 22.7 Å². The Hall–Kier alpha value is -3.29. The molecule has 8 heteroatoms. The summed E-state index contributed by atoms with van der Waals surface area (Å²) >= 11 is 0. The van der Waals surface area contributed by atoms with E-state index in [1.807, 2.05) is 0 Å². The van der Waals surface area contributed by atoms with Crippen molar-refractivity contribution in [2.24, 2.45) is 0 Å². The fourth-order valence-corrected chi connectivity index (χ4v) is 4.43. The lowest BCUT2D eigenvalue weighted by atomic mass is 9.90. The molecule has 1 heterocycles. The molecule has 180 valence electrons. The van der Waals surface area contributed by atoms with E-state index in [-0.39, 0.29) is 30.1 Å². The monoisotopic (exact) mass is 471 g/mol. The molecule has 0 spiro atoms. The summed E-state index contributed by atoms with van der Waals surface area (Å²) in [6.45, 7) is -0.786. The number of carbonyl (C=O) groups is 1. The third-order valence-electron chi connectivity index (χ3n) is 6.20. The second-order valence-electron chi connectivity index (χ2n) is 8.61. The van der Waals surface area contributed by atoms with E-state index in [4.69, 9.17) is 4.74 Å². The molecule has 3 atom stereocenters. The van der Waals surface area contributed by atoms with Gasteiger partial charge in [-0.25, -0.2) is 13.8 Å². The molecule has 1 aliphatic rings. The Balaban J connectivity index is 1.49. The third kappa shape index (κ3) is 5.61. The van der Waals surface area contributed by atoms with Crippen molar-refractivity contribution >= 4 is 22.5 Å². The summed E-state index contributed by atoms with van der Waals surface area (Å²) in [4.78, 5) is 17.0. The first kappa shape index (κ1) is 23.9. The Morgan fingerprint density at radius 1 is 1.15 bits per heavy atom. The minimum atomic E-state index is -1.54. The van der Waals surface area contributed by atoms with Crippen LogP contribution in [0.5, 0.6) is 5.75 Å². The van der Waals surface area contributed by atoms with Gasteiger partial charge in [-0.2, -0.15) is 0 Å². The highest BCUT2D eigenvalue weighted by atomic mass is 19.1. The van der Waals surface area contributed by atoms with E-state index in [1.54, 1.807) is 37.4 Å². The quantitative estimate of drug-likeness (QED) is 0.429. The predicted octanol–water partition coefficient (Wildman–Crippen LogP) is 5.91. The number of rotatable bonds is 8. The molecule has 0 saturated heterocycles. The van der Waals surface area contributed by atoms with Crippen LogP contribution >= 0.6 is 0 Å². The molecular formula is C26H28F3N3O2. The second-order valence-corrected chi connectivity index (χ2v) is 8.61. The smallest absolute Gasteiger partial charge is 0.251 e. The van der Waals surface area contributed by atoms with Crippen molar-refractivity contribution in [2.75, 3.05) is 19.1 Å². The average molecular weight is 472 g/mol. The number of carbonyl (C=O) groups excluding carboxylic acids is 1. The first-order valence-electron chi connectivity index (χ1n) is 11.5. The van der Waals surface area contributed by atoms with Gasteiger partial charge in [-0.15, -0.1) is 0 Å². The lowest BCUT2D eigenvalue weighted by Gasteiger charge is -2.31. The standard InChI is InChI=1S/C26H28F3N3O2/c1-34-20-8-5-16(6-9-20)26(33)31-19-4-2-3-18(14-19)30-24-15-25(22(29)11-12-27)32-23-10-7-17(28)13-21(23)24/h5-10,13,15,18-19,22H,2-4,11-12,14H2,1H3,(H,30,32)(H,31,33)/t18-,19-,22?/m1/s1. The molecule has 2 aromatic carbocycles. The number of ether oxygens (including phenoxy) is 1. The van der Waals surface area contributed by atoms with Crippen molar-refractivity contribution in [3.63, 3.8) is 0 Å². The molecule has 0 bridgehead atoms. The van der Waals surface area contributed by atoms with E-state index >= 15 is 0 Å². The van der Waals surface area contributed by atoms with E-state index in [2.05, 4.69) is 15.6 Å². The zero-order chi connectivity index (χ0) is 24.1. The van der Waals surface area contributed by atoms with Gasteiger partial charge in [-0.05, 0) is 74.2 Å². The summed E-state index contributed by atoms with van der Waals surface area (Å²) in [5.74, 6) is 0.110. The first-order chi connectivity index (χ1) is 16.5. The number of hydrogen-bond acceptors (Lipinski definition) is 4. The van der Waals surface area contributed by atoms with Crippen molar-refractivity contribution in [3.05, 3.63) is 65.6 Å². The SMILES string of the molecule is COc1ccc(C(=O)N[C@@H]2CCC[C@@H](Nc3cc(C(F)CCF)nc4ccc(F)cc34)C2)cc1. The number of amides is 1.